The van der Waals surface area contributed by atoms with Crippen molar-refractivity contribution in [1.29, 1.82) is 0 Å². The van der Waals surface area contributed by atoms with Crippen molar-refractivity contribution in [2.24, 2.45) is 0 Å². The van der Waals surface area contributed by atoms with E-state index in [2.05, 4.69) is 69.9 Å². The van der Waals surface area contributed by atoms with Crippen molar-refractivity contribution in [1.82, 2.24) is 19.8 Å². The summed E-state index contributed by atoms with van der Waals surface area (Å²) in [7, 11) is 1.87. The lowest BCUT2D eigenvalue weighted by Gasteiger charge is -2.31. The van der Waals surface area contributed by atoms with E-state index in [4.69, 9.17) is 4.98 Å². The largest absolute Gasteiger partial charge is 0.384 e. The Kier molecular flexibility index (Phi) is 4.88. The van der Waals surface area contributed by atoms with Gasteiger partial charge in [-0.2, -0.15) is 0 Å². The van der Waals surface area contributed by atoms with Gasteiger partial charge in [-0.3, -0.25) is 9.69 Å². The average molecular weight is 438 g/mol. The summed E-state index contributed by atoms with van der Waals surface area (Å²) >= 11 is 0. The Morgan fingerprint density at radius 1 is 1.03 bits per heavy atom. The second kappa shape index (κ2) is 8.05. The van der Waals surface area contributed by atoms with E-state index in [0.29, 0.717) is 6.54 Å². The van der Waals surface area contributed by atoms with Gasteiger partial charge in [-0.15, -0.1) is 0 Å². The number of piperazine rings is 1. The smallest absolute Gasteiger partial charge is 0.236 e. The third kappa shape index (κ3) is 3.76. The first-order chi connectivity index (χ1) is 16.1. The number of carbonyl (C=O) groups is 1. The van der Waals surface area contributed by atoms with Gasteiger partial charge in [-0.25, -0.2) is 4.98 Å². The molecule has 2 aliphatic heterocycles. The molecule has 0 radical (unpaired) electrons. The topological polar surface area (TPSA) is 64.3 Å². The molecule has 166 valence electrons. The van der Waals surface area contributed by atoms with Crippen LogP contribution < -0.4 is 5.32 Å². The van der Waals surface area contributed by atoms with Crippen LogP contribution in [0.4, 0.5) is 5.69 Å². The summed E-state index contributed by atoms with van der Waals surface area (Å²) in [5, 5.41) is 4.57. The van der Waals surface area contributed by atoms with Crippen molar-refractivity contribution in [3.63, 3.8) is 0 Å². The number of hydrogen-bond donors (Lipinski definition) is 2. The average Bonchev–Trinajstić information content (AvgIpc) is 3.47. The summed E-state index contributed by atoms with van der Waals surface area (Å²) in [6.07, 6.45) is 5.07. The Morgan fingerprint density at radius 3 is 2.88 bits per heavy atom. The fourth-order valence-electron chi connectivity index (χ4n) is 4.92. The summed E-state index contributed by atoms with van der Waals surface area (Å²) in [6.45, 7) is 3.97. The lowest BCUT2D eigenvalue weighted by molar-refractivity contribution is -0.134. The first-order valence-corrected chi connectivity index (χ1v) is 11.5. The molecule has 0 saturated carbocycles. The van der Waals surface area contributed by atoms with Crippen molar-refractivity contribution >= 4 is 22.6 Å². The molecule has 0 aliphatic carbocycles. The lowest BCUT2D eigenvalue weighted by atomic mass is 9.99. The van der Waals surface area contributed by atoms with Crippen molar-refractivity contribution in [3.05, 3.63) is 72.1 Å². The van der Waals surface area contributed by atoms with Crippen LogP contribution in [0.15, 0.2) is 60.9 Å². The second-order valence-electron chi connectivity index (χ2n) is 9.10. The first-order valence-electron chi connectivity index (χ1n) is 11.5. The molecule has 2 aromatic carbocycles. The molecule has 6 heteroatoms. The van der Waals surface area contributed by atoms with Crippen LogP contribution in [0.25, 0.3) is 33.3 Å². The maximum atomic E-state index is 12.1. The van der Waals surface area contributed by atoms with Crippen molar-refractivity contribution < 1.29 is 4.79 Å². The Morgan fingerprint density at radius 2 is 1.97 bits per heavy atom. The van der Waals surface area contributed by atoms with E-state index >= 15 is 0 Å². The number of fused-ring (bicyclic) bond motifs is 2. The third-order valence-electron chi connectivity index (χ3n) is 6.86. The van der Waals surface area contributed by atoms with E-state index in [9.17, 15) is 4.79 Å². The van der Waals surface area contributed by atoms with E-state index in [1.165, 1.54) is 27.9 Å². The summed E-state index contributed by atoms with van der Waals surface area (Å²) in [4.78, 5) is 24.1. The molecule has 1 fully saturated rings. The van der Waals surface area contributed by atoms with E-state index in [1.807, 2.05) is 13.2 Å². The fraction of sp³-hybridized carbons (Fsp3) is 0.259. The van der Waals surface area contributed by atoms with Crippen LogP contribution in [0, 0.1) is 0 Å². The van der Waals surface area contributed by atoms with Gasteiger partial charge < -0.3 is 15.2 Å². The van der Waals surface area contributed by atoms with Gasteiger partial charge in [0.2, 0.25) is 5.91 Å². The molecule has 6 nitrogen and oxygen atoms in total. The molecule has 4 aromatic rings. The van der Waals surface area contributed by atoms with Gasteiger partial charge in [0.1, 0.15) is 5.65 Å². The zero-order valence-electron chi connectivity index (χ0n) is 18.8. The Labute approximate surface area is 193 Å². The first kappa shape index (κ1) is 20.0. The Bertz CT molecular complexity index is 1360. The van der Waals surface area contributed by atoms with E-state index in [0.717, 1.165) is 54.8 Å². The highest BCUT2D eigenvalue weighted by Gasteiger charge is 2.21. The number of amides is 1. The van der Waals surface area contributed by atoms with E-state index < -0.39 is 0 Å². The second-order valence-corrected chi connectivity index (χ2v) is 9.10. The number of nitrogens with one attached hydrogen (secondary N) is 2. The molecule has 4 heterocycles. The number of anilines is 1. The molecule has 2 aromatic heterocycles. The molecule has 6 rings (SSSR count). The Hall–Kier alpha value is -3.64. The summed E-state index contributed by atoms with van der Waals surface area (Å²) in [5.74, 6) is 0.189. The maximum Gasteiger partial charge on any atom is 0.236 e. The van der Waals surface area contributed by atoms with Gasteiger partial charge in [-0.1, -0.05) is 24.3 Å². The van der Waals surface area contributed by atoms with Crippen LogP contribution in [0.3, 0.4) is 0 Å². The maximum absolute atomic E-state index is 12.1. The zero-order chi connectivity index (χ0) is 22.4. The van der Waals surface area contributed by atoms with Crippen LogP contribution in [0.2, 0.25) is 0 Å². The summed E-state index contributed by atoms with van der Waals surface area (Å²) in [5.41, 5.74) is 9.38. The standard InChI is InChI=1S/C27H27N5O/c1-31-9-10-32(17-26(31)33)16-18-3-2-4-19(11-18)22-13-23-24(15-30-27(23)29-14-22)20-5-6-25-21(12-20)7-8-28-25/h2-6,11-15,28H,7-10,16-17H2,1H3,(H,29,30). The molecular formula is C27H27N5O. The number of aromatic nitrogens is 2. The van der Waals surface area contributed by atoms with Crippen molar-refractivity contribution in [3.8, 4) is 22.3 Å². The van der Waals surface area contributed by atoms with Gasteiger partial charge in [0.25, 0.3) is 0 Å². The molecule has 0 unspecified atom stereocenters. The summed E-state index contributed by atoms with van der Waals surface area (Å²) in [6, 6.07) is 17.5. The van der Waals surface area contributed by atoms with E-state index in [-0.39, 0.29) is 5.91 Å². The number of benzene rings is 2. The van der Waals surface area contributed by atoms with Gasteiger partial charge in [0.15, 0.2) is 0 Å². The molecule has 33 heavy (non-hydrogen) atoms. The molecule has 2 aliphatic rings. The molecule has 1 amide bonds. The highest BCUT2D eigenvalue weighted by atomic mass is 16.2. The van der Waals surface area contributed by atoms with Crippen molar-refractivity contribution in [2.75, 3.05) is 38.5 Å². The third-order valence-corrected chi connectivity index (χ3v) is 6.86. The minimum Gasteiger partial charge on any atom is -0.384 e. The number of pyridine rings is 1. The molecule has 1 saturated heterocycles. The van der Waals surface area contributed by atoms with E-state index in [1.54, 1.807) is 4.90 Å². The van der Waals surface area contributed by atoms with Crippen molar-refractivity contribution in [2.45, 2.75) is 13.0 Å². The number of nitrogens with zero attached hydrogens (tertiary/aromatic N) is 3. The van der Waals surface area contributed by atoms with Gasteiger partial charge in [-0.05, 0) is 52.9 Å². The van der Waals surface area contributed by atoms with Gasteiger partial charge in [0.05, 0.1) is 6.54 Å². The monoisotopic (exact) mass is 437 g/mol. The predicted molar refractivity (Wildman–Crippen MR) is 132 cm³/mol. The predicted octanol–water partition coefficient (Wildman–Crippen LogP) is 4.14. The van der Waals surface area contributed by atoms with Crippen LogP contribution in [0.1, 0.15) is 11.1 Å². The molecule has 0 spiro atoms. The normalized spacial score (nSPS) is 16.3. The van der Waals surface area contributed by atoms with Crippen LogP contribution in [-0.4, -0.2) is 58.9 Å². The Balaban J connectivity index is 1.30. The minimum absolute atomic E-state index is 0.189. The number of rotatable bonds is 4. The number of likely N-dealkylation sites (N-methyl/N-ethyl adjacent to an activating group) is 1. The number of carbonyl (C=O) groups excluding carboxylic acids is 1. The summed E-state index contributed by atoms with van der Waals surface area (Å²) < 4.78 is 0. The number of hydrogen-bond acceptors (Lipinski definition) is 4. The zero-order valence-corrected chi connectivity index (χ0v) is 18.8. The highest BCUT2D eigenvalue weighted by Crippen LogP contribution is 2.34. The van der Waals surface area contributed by atoms with Crippen LogP contribution in [0.5, 0.6) is 0 Å². The number of H-pyrrole nitrogens is 1. The van der Waals surface area contributed by atoms with Gasteiger partial charge in [0, 0.05) is 67.8 Å². The SMILES string of the molecule is CN1CCN(Cc2cccc(-c3cnc4[nH]cc(-c5ccc6c(c5)CCN6)c4c3)c2)CC1=O. The fourth-order valence-corrected chi connectivity index (χ4v) is 4.92. The highest BCUT2D eigenvalue weighted by molar-refractivity contribution is 5.96. The lowest BCUT2D eigenvalue weighted by Crippen LogP contribution is -2.47. The molecule has 0 bridgehead atoms. The molecular weight excluding hydrogens is 410 g/mol. The quantitative estimate of drug-likeness (QED) is 0.504. The minimum atomic E-state index is 0.189. The van der Waals surface area contributed by atoms with Crippen LogP contribution in [-0.2, 0) is 17.8 Å². The van der Waals surface area contributed by atoms with Gasteiger partial charge >= 0.3 is 0 Å². The number of aromatic amines is 1. The van der Waals surface area contributed by atoms with Crippen LogP contribution >= 0.6 is 0 Å². The molecule has 0 atom stereocenters. The molecule has 2 N–H and O–H groups in total.